The number of halogens is 1. The highest BCUT2D eigenvalue weighted by molar-refractivity contribution is 14.1. The Bertz CT molecular complexity index is 1070. The maximum Gasteiger partial charge on any atom is 0.225 e. The van der Waals surface area contributed by atoms with E-state index in [9.17, 15) is 4.79 Å². The van der Waals surface area contributed by atoms with Crippen molar-refractivity contribution < 1.29 is 14.1 Å². The van der Waals surface area contributed by atoms with Crippen molar-refractivity contribution in [3.05, 3.63) is 82.2 Å². The molecule has 4 rings (SSSR count). The first-order chi connectivity index (χ1) is 15.9. The van der Waals surface area contributed by atoms with E-state index in [0.29, 0.717) is 17.0 Å². The molecule has 1 aliphatic rings. The van der Waals surface area contributed by atoms with Crippen LogP contribution >= 0.6 is 22.6 Å². The summed E-state index contributed by atoms with van der Waals surface area (Å²) in [4.78, 5) is 13.1. The van der Waals surface area contributed by atoms with Gasteiger partial charge in [-0.15, -0.1) is 0 Å². The molecule has 6 heteroatoms. The summed E-state index contributed by atoms with van der Waals surface area (Å²) in [6.45, 7) is 6.31. The molecule has 0 aliphatic heterocycles. The number of nitrogens with one attached hydrogen (secondary N) is 1. The van der Waals surface area contributed by atoms with E-state index in [4.69, 9.17) is 9.26 Å². The van der Waals surface area contributed by atoms with Crippen molar-refractivity contribution in [2.75, 3.05) is 0 Å². The predicted octanol–water partition coefficient (Wildman–Crippen LogP) is 6.11. The van der Waals surface area contributed by atoms with Gasteiger partial charge in [-0.1, -0.05) is 82.6 Å². The molecule has 1 fully saturated rings. The van der Waals surface area contributed by atoms with Crippen LogP contribution in [0.15, 0.2) is 53.1 Å². The molecule has 2 aromatic carbocycles. The Morgan fingerprint density at radius 3 is 2.48 bits per heavy atom. The number of amides is 1. The molecule has 0 saturated heterocycles. The number of ether oxygens (including phenoxy) is 1. The van der Waals surface area contributed by atoms with E-state index in [1.165, 1.54) is 17.5 Å². The Morgan fingerprint density at radius 1 is 1.12 bits per heavy atom. The minimum Gasteiger partial charge on any atom is -0.489 e. The number of carbonyl (C=O) groups excluding carboxylic acids is 1. The van der Waals surface area contributed by atoms with Crippen molar-refractivity contribution in [1.29, 1.82) is 0 Å². The van der Waals surface area contributed by atoms with Crippen molar-refractivity contribution in [2.45, 2.75) is 68.9 Å². The van der Waals surface area contributed by atoms with E-state index in [1.54, 1.807) is 0 Å². The molecule has 0 spiro atoms. The van der Waals surface area contributed by atoms with E-state index in [0.717, 1.165) is 47.6 Å². The Labute approximate surface area is 209 Å². The first kappa shape index (κ1) is 23.8. The molecule has 5 nitrogen and oxygen atoms in total. The number of hydrogen-bond acceptors (Lipinski definition) is 4. The summed E-state index contributed by atoms with van der Waals surface area (Å²) in [5.74, 6) is 1.60. The fraction of sp³-hybridized carbons (Fsp3) is 0.407. The fourth-order valence-corrected chi connectivity index (χ4v) is 5.83. The molecular formula is C27H31IN2O3. The third-order valence-electron chi connectivity index (χ3n) is 6.60. The van der Waals surface area contributed by atoms with Crippen LogP contribution in [0, 0.1) is 20.8 Å². The van der Waals surface area contributed by atoms with Gasteiger partial charge >= 0.3 is 0 Å². The number of aromatic nitrogens is 1. The largest absolute Gasteiger partial charge is 0.489 e. The van der Waals surface area contributed by atoms with E-state index < -0.39 is 0 Å². The fourth-order valence-electron chi connectivity index (χ4n) is 4.56. The molecule has 0 radical (unpaired) electrons. The number of rotatable bonds is 7. The summed E-state index contributed by atoms with van der Waals surface area (Å²) in [6, 6.07) is 16.4. The van der Waals surface area contributed by atoms with Gasteiger partial charge in [-0.3, -0.25) is 4.79 Å². The lowest BCUT2D eigenvalue weighted by Crippen LogP contribution is -2.53. The molecule has 1 heterocycles. The zero-order valence-corrected chi connectivity index (χ0v) is 21.6. The Balaban J connectivity index is 1.42. The molecule has 3 aromatic rings. The molecular weight excluding hydrogens is 527 g/mol. The van der Waals surface area contributed by atoms with Crippen LogP contribution in [0.3, 0.4) is 0 Å². The molecule has 1 amide bonds. The average Bonchev–Trinajstić information content (AvgIpc) is 3.12. The first-order valence-corrected chi connectivity index (χ1v) is 12.8. The van der Waals surface area contributed by atoms with Gasteiger partial charge in [-0.2, -0.15) is 0 Å². The molecule has 1 saturated carbocycles. The standard InChI is InChI=1S/C27H31IN2O3/c1-18-7-11-22(12-8-18)27(15-5-4-6-25(27)28)29-26(31)16-21-9-13-23(14-10-21)32-17-24-19(2)30-33-20(24)3/h7-14,25H,4-6,15-17H2,1-3H3,(H,29,31). The smallest absolute Gasteiger partial charge is 0.225 e. The molecule has 33 heavy (non-hydrogen) atoms. The van der Waals surface area contributed by atoms with Crippen molar-refractivity contribution in [3.8, 4) is 5.75 Å². The van der Waals surface area contributed by atoms with Gasteiger partial charge in [0.1, 0.15) is 18.1 Å². The van der Waals surface area contributed by atoms with Gasteiger partial charge in [0.25, 0.3) is 0 Å². The topological polar surface area (TPSA) is 64.4 Å². The molecule has 1 aliphatic carbocycles. The summed E-state index contributed by atoms with van der Waals surface area (Å²) >= 11 is 2.53. The number of carbonyl (C=O) groups is 1. The minimum absolute atomic E-state index is 0.0588. The zero-order valence-electron chi connectivity index (χ0n) is 19.5. The summed E-state index contributed by atoms with van der Waals surface area (Å²) in [7, 11) is 0. The second-order valence-electron chi connectivity index (χ2n) is 9.01. The molecule has 1 N–H and O–H groups in total. The van der Waals surface area contributed by atoms with Crippen LogP contribution in [-0.2, 0) is 23.4 Å². The van der Waals surface area contributed by atoms with Gasteiger partial charge in [0, 0.05) is 3.92 Å². The summed E-state index contributed by atoms with van der Waals surface area (Å²) in [5.41, 5.74) is 4.93. The second-order valence-corrected chi connectivity index (χ2v) is 10.5. The van der Waals surface area contributed by atoms with E-state index in [-0.39, 0.29) is 11.4 Å². The summed E-state index contributed by atoms with van der Waals surface area (Å²) in [6.07, 6.45) is 4.79. The molecule has 1 aromatic heterocycles. The quantitative estimate of drug-likeness (QED) is 0.281. The van der Waals surface area contributed by atoms with Gasteiger partial charge in [0.2, 0.25) is 5.91 Å². The number of benzene rings is 2. The van der Waals surface area contributed by atoms with Crippen LogP contribution in [0.1, 0.15) is 59.4 Å². The predicted molar refractivity (Wildman–Crippen MR) is 138 cm³/mol. The summed E-state index contributed by atoms with van der Waals surface area (Å²) in [5, 5.41) is 7.40. The highest BCUT2D eigenvalue weighted by atomic mass is 127. The minimum atomic E-state index is -0.305. The molecule has 0 bridgehead atoms. The third kappa shape index (κ3) is 5.42. The lowest BCUT2D eigenvalue weighted by molar-refractivity contribution is -0.122. The van der Waals surface area contributed by atoms with E-state index >= 15 is 0 Å². The van der Waals surface area contributed by atoms with E-state index in [2.05, 4.69) is 64.3 Å². The molecule has 174 valence electrons. The van der Waals surface area contributed by atoms with Crippen LogP contribution < -0.4 is 10.1 Å². The van der Waals surface area contributed by atoms with Crippen molar-refractivity contribution >= 4 is 28.5 Å². The Kier molecular flexibility index (Phi) is 7.41. The van der Waals surface area contributed by atoms with Gasteiger partial charge in [0.15, 0.2) is 0 Å². The van der Waals surface area contributed by atoms with Gasteiger partial charge in [-0.25, -0.2) is 0 Å². The lowest BCUT2D eigenvalue weighted by atomic mass is 9.76. The zero-order chi connectivity index (χ0) is 23.4. The van der Waals surface area contributed by atoms with Crippen LogP contribution in [0.5, 0.6) is 5.75 Å². The number of alkyl halides is 1. The highest BCUT2D eigenvalue weighted by Crippen LogP contribution is 2.42. The van der Waals surface area contributed by atoms with Crippen LogP contribution in [0.25, 0.3) is 0 Å². The van der Waals surface area contributed by atoms with Crippen LogP contribution in [-0.4, -0.2) is 15.0 Å². The SMILES string of the molecule is Cc1ccc(C2(NC(=O)Cc3ccc(OCc4c(C)noc4C)cc3)CCCCC2I)cc1. The Hall–Kier alpha value is -2.35. The Morgan fingerprint density at radius 2 is 1.85 bits per heavy atom. The number of aryl methyl sites for hydroxylation is 3. The average molecular weight is 558 g/mol. The van der Waals surface area contributed by atoms with Gasteiger partial charge < -0.3 is 14.6 Å². The summed E-state index contributed by atoms with van der Waals surface area (Å²) < 4.78 is 11.4. The number of nitrogens with zero attached hydrogens (tertiary/aromatic N) is 1. The van der Waals surface area contributed by atoms with Crippen molar-refractivity contribution in [3.63, 3.8) is 0 Å². The van der Waals surface area contributed by atoms with Gasteiger partial charge in [-0.05, 0) is 56.9 Å². The van der Waals surface area contributed by atoms with Crippen LogP contribution in [0.4, 0.5) is 0 Å². The van der Waals surface area contributed by atoms with Gasteiger partial charge in [0.05, 0.1) is 23.2 Å². The maximum atomic E-state index is 13.1. The lowest BCUT2D eigenvalue weighted by Gasteiger charge is -2.43. The molecule has 2 unspecified atom stereocenters. The van der Waals surface area contributed by atoms with Crippen molar-refractivity contribution in [2.24, 2.45) is 0 Å². The number of hydrogen-bond donors (Lipinski definition) is 1. The normalized spacial score (nSPS) is 20.4. The van der Waals surface area contributed by atoms with Crippen LogP contribution in [0.2, 0.25) is 0 Å². The highest BCUT2D eigenvalue weighted by Gasteiger charge is 2.42. The molecule has 2 atom stereocenters. The maximum absolute atomic E-state index is 13.1. The first-order valence-electron chi connectivity index (χ1n) is 11.5. The van der Waals surface area contributed by atoms with Crippen molar-refractivity contribution in [1.82, 2.24) is 10.5 Å². The second kappa shape index (κ2) is 10.3. The monoisotopic (exact) mass is 558 g/mol. The third-order valence-corrected chi connectivity index (χ3v) is 8.28. The van der Waals surface area contributed by atoms with E-state index in [1.807, 2.05) is 38.1 Å².